The van der Waals surface area contributed by atoms with Crippen molar-refractivity contribution in [3.63, 3.8) is 0 Å². The number of nitrogens with zero attached hydrogens (tertiary/aromatic N) is 1. The molecule has 0 spiro atoms. The molecular formula is C16H16N2O2. The number of benzene rings is 2. The predicted molar refractivity (Wildman–Crippen MR) is 77.7 cm³/mol. The van der Waals surface area contributed by atoms with Crippen LogP contribution in [-0.4, -0.2) is 12.1 Å². The van der Waals surface area contributed by atoms with Gasteiger partial charge in [0.05, 0.1) is 7.11 Å². The van der Waals surface area contributed by atoms with Gasteiger partial charge in [-0.2, -0.15) is 0 Å². The molecule has 3 aromatic rings. The average Bonchev–Trinajstić information content (AvgIpc) is 2.89. The summed E-state index contributed by atoms with van der Waals surface area (Å²) in [5.41, 5.74) is 9.59. The van der Waals surface area contributed by atoms with Crippen molar-refractivity contribution >= 4 is 11.1 Å². The maximum atomic E-state index is 5.76. The van der Waals surface area contributed by atoms with Crippen molar-refractivity contribution in [1.29, 1.82) is 0 Å². The normalized spacial score (nSPS) is 10.9. The zero-order chi connectivity index (χ0) is 13.9. The summed E-state index contributed by atoms with van der Waals surface area (Å²) < 4.78 is 11.0. The highest BCUT2D eigenvalue weighted by Gasteiger charge is 2.09. The van der Waals surface area contributed by atoms with Crippen LogP contribution in [0.1, 0.15) is 17.0 Å². The van der Waals surface area contributed by atoms with E-state index in [1.807, 2.05) is 36.4 Å². The lowest BCUT2D eigenvalue weighted by Crippen LogP contribution is -2.01. The van der Waals surface area contributed by atoms with Crippen molar-refractivity contribution in [1.82, 2.24) is 4.98 Å². The standard InChI is InChI=1S/C16H16N2O2/c1-19-13-6-7-15-14(9-13)18-16(20-15)8-11-4-2-3-5-12(11)10-17/h2-7,9H,8,10,17H2,1H3. The molecule has 0 saturated heterocycles. The Balaban J connectivity index is 1.94. The summed E-state index contributed by atoms with van der Waals surface area (Å²) in [5, 5.41) is 0. The monoisotopic (exact) mass is 268 g/mol. The molecule has 0 atom stereocenters. The Labute approximate surface area is 117 Å². The first kappa shape index (κ1) is 12.7. The average molecular weight is 268 g/mol. The van der Waals surface area contributed by atoms with Gasteiger partial charge in [0.15, 0.2) is 11.5 Å². The molecule has 0 aliphatic carbocycles. The van der Waals surface area contributed by atoms with Crippen LogP contribution in [0.2, 0.25) is 0 Å². The number of hydrogen-bond donors (Lipinski definition) is 1. The number of nitrogens with two attached hydrogens (primary N) is 1. The molecule has 0 amide bonds. The lowest BCUT2D eigenvalue weighted by atomic mass is 10.0. The number of ether oxygens (including phenoxy) is 1. The Morgan fingerprint density at radius 1 is 1.15 bits per heavy atom. The van der Waals surface area contributed by atoms with Crippen molar-refractivity contribution in [2.24, 2.45) is 5.73 Å². The van der Waals surface area contributed by atoms with Gasteiger partial charge in [0.25, 0.3) is 0 Å². The third kappa shape index (κ3) is 2.38. The fourth-order valence-corrected chi connectivity index (χ4v) is 2.25. The highest BCUT2D eigenvalue weighted by atomic mass is 16.5. The summed E-state index contributed by atoms with van der Waals surface area (Å²) in [5.74, 6) is 1.47. The largest absolute Gasteiger partial charge is 0.497 e. The second-order valence-corrected chi connectivity index (χ2v) is 4.59. The molecule has 0 bridgehead atoms. The van der Waals surface area contributed by atoms with Crippen LogP contribution in [0.4, 0.5) is 0 Å². The Hall–Kier alpha value is -2.33. The third-order valence-electron chi connectivity index (χ3n) is 3.32. The van der Waals surface area contributed by atoms with Crippen LogP contribution in [0.15, 0.2) is 46.9 Å². The first-order valence-corrected chi connectivity index (χ1v) is 6.50. The summed E-state index contributed by atoms with van der Waals surface area (Å²) in [7, 11) is 1.64. The van der Waals surface area contributed by atoms with E-state index in [1.54, 1.807) is 7.11 Å². The Kier molecular flexibility index (Phi) is 3.39. The number of fused-ring (bicyclic) bond motifs is 1. The summed E-state index contributed by atoms with van der Waals surface area (Å²) >= 11 is 0. The van der Waals surface area contributed by atoms with Gasteiger partial charge >= 0.3 is 0 Å². The quantitative estimate of drug-likeness (QED) is 0.790. The van der Waals surface area contributed by atoms with Crippen LogP contribution in [0.3, 0.4) is 0 Å². The summed E-state index contributed by atoms with van der Waals surface area (Å²) in [6.45, 7) is 0.518. The predicted octanol–water partition coefficient (Wildman–Crippen LogP) is 2.89. The van der Waals surface area contributed by atoms with Gasteiger partial charge in [-0.3, -0.25) is 0 Å². The second kappa shape index (κ2) is 5.35. The van der Waals surface area contributed by atoms with Crippen LogP contribution in [0.25, 0.3) is 11.1 Å². The number of hydrogen-bond acceptors (Lipinski definition) is 4. The van der Waals surface area contributed by atoms with Crippen molar-refractivity contribution in [2.75, 3.05) is 7.11 Å². The smallest absolute Gasteiger partial charge is 0.199 e. The van der Waals surface area contributed by atoms with E-state index in [1.165, 1.54) is 0 Å². The van der Waals surface area contributed by atoms with E-state index in [9.17, 15) is 0 Å². The molecule has 4 heteroatoms. The molecule has 2 aromatic carbocycles. The Bertz CT molecular complexity index is 734. The molecule has 102 valence electrons. The number of rotatable bonds is 4. The minimum atomic E-state index is 0.518. The topological polar surface area (TPSA) is 61.3 Å². The van der Waals surface area contributed by atoms with E-state index in [-0.39, 0.29) is 0 Å². The lowest BCUT2D eigenvalue weighted by Gasteiger charge is -2.04. The van der Waals surface area contributed by atoms with Gasteiger partial charge in [0.1, 0.15) is 11.3 Å². The van der Waals surface area contributed by atoms with E-state index in [0.29, 0.717) is 18.9 Å². The molecule has 0 aliphatic heterocycles. The Morgan fingerprint density at radius 3 is 2.70 bits per heavy atom. The van der Waals surface area contributed by atoms with Gasteiger partial charge in [0, 0.05) is 19.0 Å². The van der Waals surface area contributed by atoms with Gasteiger partial charge in [-0.15, -0.1) is 0 Å². The van der Waals surface area contributed by atoms with Crippen molar-refractivity contribution in [3.8, 4) is 5.75 Å². The minimum absolute atomic E-state index is 0.518. The molecule has 0 aliphatic rings. The van der Waals surface area contributed by atoms with Gasteiger partial charge in [-0.05, 0) is 23.3 Å². The molecule has 0 fully saturated rings. The zero-order valence-electron chi connectivity index (χ0n) is 11.3. The molecule has 1 heterocycles. The minimum Gasteiger partial charge on any atom is -0.497 e. The van der Waals surface area contributed by atoms with E-state index in [4.69, 9.17) is 14.9 Å². The molecule has 3 rings (SSSR count). The summed E-state index contributed by atoms with van der Waals surface area (Å²) in [4.78, 5) is 4.50. The number of methoxy groups -OCH3 is 1. The van der Waals surface area contributed by atoms with Gasteiger partial charge < -0.3 is 14.9 Å². The molecule has 1 aromatic heterocycles. The molecule has 20 heavy (non-hydrogen) atoms. The molecule has 0 saturated carbocycles. The highest BCUT2D eigenvalue weighted by molar-refractivity contribution is 5.74. The fraction of sp³-hybridized carbons (Fsp3) is 0.188. The first-order chi connectivity index (χ1) is 9.80. The fourth-order valence-electron chi connectivity index (χ4n) is 2.25. The molecule has 2 N–H and O–H groups in total. The molecule has 4 nitrogen and oxygen atoms in total. The maximum absolute atomic E-state index is 5.76. The second-order valence-electron chi connectivity index (χ2n) is 4.59. The molecule has 0 radical (unpaired) electrons. The van der Waals surface area contributed by atoms with Crippen molar-refractivity contribution in [3.05, 3.63) is 59.5 Å². The van der Waals surface area contributed by atoms with Gasteiger partial charge in [0.2, 0.25) is 0 Å². The first-order valence-electron chi connectivity index (χ1n) is 6.50. The summed E-state index contributed by atoms with van der Waals surface area (Å²) in [6, 6.07) is 13.7. The number of oxazole rings is 1. The van der Waals surface area contributed by atoms with Crippen molar-refractivity contribution < 1.29 is 9.15 Å². The van der Waals surface area contributed by atoms with Crippen LogP contribution >= 0.6 is 0 Å². The summed E-state index contributed by atoms with van der Waals surface area (Å²) in [6.07, 6.45) is 0.643. The van der Waals surface area contributed by atoms with Crippen LogP contribution in [0.5, 0.6) is 5.75 Å². The highest BCUT2D eigenvalue weighted by Crippen LogP contribution is 2.23. The van der Waals surface area contributed by atoms with Crippen LogP contribution in [0, 0.1) is 0 Å². The van der Waals surface area contributed by atoms with Gasteiger partial charge in [-0.25, -0.2) is 4.98 Å². The SMILES string of the molecule is COc1ccc2oc(Cc3ccccc3CN)nc2c1. The molecular weight excluding hydrogens is 252 g/mol. The van der Waals surface area contributed by atoms with Crippen LogP contribution < -0.4 is 10.5 Å². The third-order valence-corrected chi connectivity index (χ3v) is 3.32. The van der Waals surface area contributed by atoms with Gasteiger partial charge in [-0.1, -0.05) is 24.3 Å². The van der Waals surface area contributed by atoms with E-state index in [2.05, 4.69) is 11.1 Å². The van der Waals surface area contributed by atoms with Crippen LogP contribution in [-0.2, 0) is 13.0 Å². The zero-order valence-corrected chi connectivity index (χ0v) is 11.3. The number of aromatic nitrogens is 1. The molecule has 0 unspecified atom stereocenters. The lowest BCUT2D eigenvalue weighted by molar-refractivity contribution is 0.415. The van der Waals surface area contributed by atoms with E-state index in [0.717, 1.165) is 28.0 Å². The maximum Gasteiger partial charge on any atom is 0.199 e. The van der Waals surface area contributed by atoms with E-state index >= 15 is 0 Å². The Morgan fingerprint density at radius 2 is 1.95 bits per heavy atom. The van der Waals surface area contributed by atoms with Crippen molar-refractivity contribution in [2.45, 2.75) is 13.0 Å². The van der Waals surface area contributed by atoms with E-state index < -0.39 is 0 Å².